The predicted octanol–water partition coefficient (Wildman–Crippen LogP) is -0.273. The molecular weight excluding hydrogens is 324 g/mol. The van der Waals surface area contributed by atoms with E-state index in [-0.39, 0.29) is 11.3 Å². The second-order valence-corrected chi connectivity index (χ2v) is 8.27. The summed E-state index contributed by atoms with van der Waals surface area (Å²) in [7, 11) is -7.73. The lowest BCUT2D eigenvalue weighted by Crippen LogP contribution is -2.47. The van der Waals surface area contributed by atoms with Crippen LogP contribution >= 0.6 is 0 Å². The number of nitrogens with two attached hydrogens (primary N) is 1. The zero-order chi connectivity index (χ0) is 16.5. The van der Waals surface area contributed by atoms with Gasteiger partial charge in [-0.2, -0.15) is 8.42 Å². The van der Waals surface area contributed by atoms with Gasteiger partial charge in [-0.25, -0.2) is 12.6 Å². The first kappa shape index (κ1) is 17.5. The minimum atomic E-state index is -4.05. The van der Waals surface area contributed by atoms with Crippen LogP contribution in [-0.4, -0.2) is 40.0 Å². The molecule has 118 valence electrons. The number of hydrogen-bond acceptors (Lipinski definition) is 8. The summed E-state index contributed by atoms with van der Waals surface area (Å²) in [6, 6.07) is 4.44. The Morgan fingerprint density at radius 3 is 2.00 bits per heavy atom. The summed E-state index contributed by atoms with van der Waals surface area (Å²) < 4.78 is 50.1. The number of sulfone groups is 1. The Morgan fingerprint density at radius 1 is 1.19 bits per heavy atom. The van der Waals surface area contributed by atoms with Crippen molar-refractivity contribution in [1.82, 2.24) is 0 Å². The predicted molar refractivity (Wildman–Crippen MR) is 74.6 cm³/mol. The molecule has 0 aromatic heterocycles. The normalized spacial score (nSPS) is 15.4. The molecule has 1 atom stereocenters. The molecule has 0 bridgehead atoms. The van der Waals surface area contributed by atoms with Crippen LogP contribution in [0, 0.1) is 10.1 Å². The molecule has 1 aromatic rings. The third-order valence-electron chi connectivity index (χ3n) is 2.34. The highest BCUT2D eigenvalue weighted by Crippen LogP contribution is 2.25. The van der Waals surface area contributed by atoms with Gasteiger partial charge in [0.1, 0.15) is 0 Å². The molecule has 2 N–H and O–H groups in total. The largest absolute Gasteiger partial charge is 0.298 e. The first-order chi connectivity index (χ1) is 9.32. The van der Waals surface area contributed by atoms with Gasteiger partial charge in [0.2, 0.25) is 0 Å². The van der Waals surface area contributed by atoms with E-state index in [1.807, 2.05) is 0 Å². The van der Waals surface area contributed by atoms with E-state index >= 15 is 0 Å². The Labute approximate surface area is 121 Å². The SMILES string of the molecule is CS(=O)(=O)CC(N)(OS(C)(=O)=O)c1ccc([N+](=O)[O-])cc1. The zero-order valence-corrected chi connectivity index (χ0v) is 12.8. The Morgan fingerprint density at radius 2 is 1.67 bits per heavy atom. The second-order valence-electron chi connectivity index (χ2n) is 4.55. The molecule has 0 saturated carbocycles. The number of non-ortho nitro benzene ring substituents is 1. The third-order valence-corrected chi connectivity index (χ3v) is 3.90. The van der Waals surface area contributed by atoms with Gasteiger partial charge in [-0.15, -0.1) is 0 Å². The Balaban J connectivity index is 3.32. The number of nitrogens with zero attached hydrogens (tertiary/aromatic N) is 1. The molecule has 0 fully saturated rings. The molecule has 0 radical (unpaired) electrons. The van der Waals surface area contributed by atoms with Gasteiger partial charge in [-0.1, -0.05) is 0 Å². The lowest BCUT2D eigenvalue weighted by molar-refractivity contribution is -0.384. The van der Waals surface area contributed by atoms with E-state index in [4.69, 9.17) is 5.73 Å². The molecule has 0 saturated heterocycles. The van der Waals surface area contributed by atoms with E-state index in [2.05, 4.69) is 4.18 Å². The minimum Gasteiger partial charge on any atom is -0.298 e. The highest BCUT2D eigenvalue weighted by atomic mass is 32.2. The lowest BCUT2D eigenvalue weighted by Gasteiger charge is -2.27. The van der Waals surface area contributed by atoms with Crippen molar-refractivity contribution in [2.24, 2.45) is 5.73 Å². The Bertz CT molecular complexity index is 704. The van der Waals surface area contributed by atoms with Gasteiger partial charge in [0, 0.05) is 24.0 Å². The fourth-order valence-corrected chi connectivity index (χ4v) is 3.45. The smallest absolute Gasteiger partial charge is 0.269 e. The number of nitro benzene ring substituents is 1. The molecule has 0 aliphatic heterocycles. The summed E-state index contributed by atoms with van der Waals surface area (Å²) in [6.07, 6.45) is 1.59. The van der Waals surface area contributed by atoms with Crippen molar-refractivity contribution in [3.8, 4) is 0 Å². The van der Waals surface area contributed by atoms with Gasteiger partial charge in [0.05, 0.1) is 16.9 Å². The maximum atomic E-state index is 11.4. The first-order valence-electron chi connectivity index (χ1n) is 5.44. The van der Waals surface area contributed by atoms with Crippen LogP contribution in [0.5, 0.6) is 0 Å². The average molecular weight is 338 g/mol. The fourth-order valence-electron chi connectivity index (χ4n) is 1.68. The summed E-state index contributed by atoms with van der Waals surface area (Å²) in [5.74, 6) is -0.801. The van der Waals surface area contributed by atoms with Crippen LogP contribution in [0.4, 0.5) is 5.69 Å². The van der Waals surface area contributed by atoms with Gasteiger partial charge in [0.25, 0.3) is 15.8 Å². The molecule has 21 heavy (non-hydrogen) atoms. The third kappa shape index (κ3) is 5.38. The molecular formula is C10H14N2O7S2. The summed E-state index contributed by atoms with van der Waals surface area (Å²) in [5.41, 5.74) is 3.35. The van der Waals surface area contributed by atoms with Crippen molar-refractivity contribution < 1.29 is 25.9 Å². The van der Waals surface area contributed by atoms with Crippen LogP contribution in [0.3, 0.4) is 0 Å². The van der Waals surface area contributed by atoms with E-state index < -0.39 is 36.4 Å². The van der Waals surface area contributed by atoms with Crippen LogP contribution in [0.15, 0.2) is 24.3 Å². The average Bonchev–Trinajstić information content (AvgIpc) is 2.23. The van der Waals surface area contributed by atoms with Crippen molar-refractivity contribution in [3.63, 3.8) is 0 Å². The van der Waals surface area contributed by atoms with Crippen molar-refractivity contribution >= 4 is 25.6 Å². The molecule has 0 aliphatic rings. The first-order valence-corrected chi connectivity index (χ1v) is 9.32. The van der Waals surface area contributed by atoms with E-state index in [1.165, 1.54) is 0 Å². The van der Waals surface area contributed by atoms with Gasteiger partial charge in [-0.3, -0.25) is 15.8 Å². The standard InChI is InChI=1S/C10H14N2O7S2/c1-20(15,16)7-10(11,19-21(2,17)18)8-3-5-9(6-4-8)12(13)14/h3-6H,7,11H2,1-2H3. The Kier molecular flexibility index (Phi) is 4.73. The van der Waals surface area contributed by atoms with E-state index in [1.54, 1.807) is 0 Å². The zero-order valence-electron chi connectivity index (χ0n) is 11.2. The minimum absolute atomic E-state index is 0.0102. The van der Waals surface area contributed by atoms with Gasteiger partial charge in [-0.05, 0) is 12.1 Å². The highest BCUT2D eigenvalue weighted by Gasteiger charge is 2.36. The lowest BCUT2D eigenvalue weighted by atomic mass is 10.1. The number of rotatable bonds is 6. The molecule has 0 aliphatic carbocycles. The number of benzene rings is 1. The molecule has 11 heteroatoms. The van der Waals surface area contributed by atoms with Crippen molar-refractivity contribution in [3.05, 3.63) is 39.9 Å². The van der Waals surface area contributed by atoms with E-state index in [9.17, 15) is 26.9 Å². The summed E-state index contributed by atoms with van der Waals surface area (Å²) in [6.45, 7) is 0. The molecule has 0 heterocycles. The topological polar surface area (TPSA) is 147 Å². The molecule has 1 rings (SSSR count). The van der Waals surface area contributed by atoms with Crippen LogP contribution in [0.25, 0.3) is 0 Å². The van der Waals surface area contributed by atoms with Crippen LogP contribution in [0.2, 0.25) is 0 Å². The van der Waals surface area contributed by atoms with E-state index in [0.29, 0.717) is 0 Å². The Hall–Kier alpha value is -1.56. The monoisotopic (exact) mass is 338 g/mol. The van der Waals surface area contributed by atoms with Crippen LogP contribution in [0.1, 0.15) is 5.56 Å². The number of hydrogen-bond donors (Lipinski definition) is 1. The van der Waals surface area contributed by atoms with Gasteiger partial charge >= 0.3 is 0 Å². The van der Waals surface area contributed by atoms with Crippen LogP contribution in [-0.2, 0) is 29.9 Å². The molecule has 1 unspecified atom stereocenters. The summed E-state index contributed by atoms with van der Waals surface area (Å²) in [4.78, 5) is 9.91. The molecule has 0 amide bonds. The van der Waals surface area contributed by atoms with Crippen molar-refractivity contribution in [2.45, 2.75) is 5.72 Å². The van der Waals surface area contributed by atoms with Gasteiger partial charge < -0.3 is 0 Å². The fraction of sp³-hybridized carbons (Fsp3) is 0.400. The molecule has 9 nitrogen and oxygen atoms in total. The molecule has 0 spiro atoms. The van der Waals surface area contributed by atoms with Crippen molar-refractivity contribution in [1.29, 1.82) is 0 Å². The highest BCUT2D eigenvalue weighted by molar-refractivity contribution is 7.90. The second kappa shape index (κ2) is 5.67. The maximum absolute atomic E-state index is 11.4. The van der Waals surface area contributed by atoms with Crippen LogP contribution < -0.4 is 5.73 Å². The quantitative estimate of drug-likeness (QED) is 0.322. The summed E-state index contributed by atoms with van der Waals surface area (Å²) >= 11 is 0. The molecule has 1 aromatic carbocycles. The maximum Gasteiger partial charge on any atom is 0.269 e. The van der Waals surface area contributed by atoms with E-state index in [0.717, 1.165) is 36.8 Å². The van der Waals surface area contributed by atoms with Gasteiger partial charge in [0.15, 0.2) is 15.6 Å². The number of nitro groups is 1. The van der Waals surface area contributed by atoms with Crippen molar-refractivity contribution in [2.75, 3.05) is 18.3 Å². The summed E-state index contributed by atoms with van der Waals surface area (Å²) in [5, 5.41) is 10.6.